The molecule has 8 nitrogen and oxygen atoms in total. The quantitative estimate of drug-likeness (QED) is 0.499. The first-order valence-corrected chi connectivity index (χ1v) is 10.9. The molecule has 0 aromatic heterocycles. The predicted octanol–water partition coefficient (Wildman–Crippen LogP) is 2.32. The van der Waals surface area contributed by atoms with E-state index >= 15 is 0 Å². The van der Waals surface area contributed by atoms with Gasteiger partial charge in [-0.05, 0) is 51.8 Å². The second-order valence-corrected chi connectivity index (χ2v) is 8.56. The molecule has 2 rings (SSSR count). The molecular formula is C19H23BrN2O6S. The third kappa shape index (κ3) is 6.43. The highest BCUT2D eigenvalue weighted by atomic mass is 79.9. The van der Waals surface area contributed by atoms with Crippen LogP contribution < -0.4 is 19.5 Å². The molecule has 0 radical (unpaired) electrons. The van der Waals surface area contributed by atoms with Crippen LogP contribution in [0.4, 0.5) is 0 Å². The molecule has 2 aromatic rings. The van der Waals surface area contributed by atoms with Gasteiger partial charge in [0.25, 0.3) is 5.91 Å². The van der Waals surface area contributed by atoms with Gasteiger partial charge < -0.3 is 19.5 Å². The minimum atomic E-state index is -3.75. The third-order valence-corrected chi connectivity index (χ3v) is 6.11. The number of ether oxygens (including phenoxy) is 3. The summed E-state index contributed by atoms with van der Waals surface area (Å²) < 4.78 is 42.9. The smallest absolute Gasteiger partial charge is 0.252 e. The zero-order chi connectivity index (χ0) is 21.4. The maximum absolute atomic E-state index is 12.6. The number of carbonyl (C=O) groups excluding carboxylic acids is 1. The minimum absolute atomic E-state index is 0.00926. The van der Waals surface area contributed by atoms with E-state index in [4.69, 9.17) is 14.2 Å². The van der Waals surface area contributed by atoms with E-state index in [1.54, 1.807) is 32.4 Å². The topological polar surface area (TPSA) is 103 Å². The lowest BCUT2D eigenvalue weighted by atomic mass is 10.1. The summed E-state index contributed by atoms with van der Waals surface area (Å²) >= 11 is 3.30. The molecular weight excluding hydrogens is 464 g/mol. The van der Waals surface area contributed by atoms with Crippen LogP contribution in [0, 0.1) is 0 Å². The van der Waals surface area contributed by atoms with E-state index in [-0.39, 0.29) is 30.2 Å². The maximum atomic E-state index is 12.6. The van der Waals surface area contributed by atoms with Crippen LogP contribution in [0.15, 0.2) is 45.8 Å². The first kappa shape index (κ1) is 23.1. The number of benzene rings is 2. The monoisotopic (exact) mass is 486 g/mol. The van der Waals surface area contributed by atoms with E-state index in [0.717, 1.165) is 5.56 Å². The highest BCUT2D eigenvalue weighted by molar-refractivity contribution is 9.10. The van der Waals surface area contributed by atoms with Gasteiger partial charge in [-0.25, -0.2) is 13.1 Å². The van der Waals surface area contributed by atoms with E-state index < -0.39 is 15.9 Å². The largest absolute Gasteiger partial charge is 0.497 e. The lowest BCUT2D eigenvalue weighted by molar-refractivity contribution is 0.0950. The molecule has 0 atom stereocenters. The van der Waals surface area contributed by atoms with Gasteiger partial charge in [0.1, 0.15) is 11.5 Å². The summed E-state index contributed by atoms with van der Waals surface area (Å²) in [4.78, 5) is 12.6. The number of amides is 1. The van der Waals surface area contributed by atoms with Crippen molar-refractivity contribution in [2.75, 3.05) is 34.5 Å². The van der Waals surface area contributed by atoms with Crippen LogP contribution in [0.25, 0.3) is 0 Å². The summed E-state index contributed by atoms with van der Waals surface area (Å²) in [6.07, 6.45) is 0. The van der Waals surface area contributed by atoms with Crippen molar-refractivity contribution in [1.82, 2.24) is 10.0 Å². The lowest BCUT2D eigenvalue weighted by Gasteiger charge is -2.12. The van der Waals surface area contributed by atoms with Gasteiger partial charge >= 0.3 is 0 Å². The fraction of sp³-hybridized carbons (Fsp3) is 0.316. The summed E-state index contributed by atoms with van der Waals surface area (Å²) in [6, 6.07) is 9.54. The Balaban J connectivity index is 2.17. The van der Waals surface area contributed by atoms with Crippen LogP contribution in [0.2, 0.25) is 0 Å². The Bertz CT molecular complexity index is 943. The zero-order valence-corrected chi connectivity index (χ0v) is 18.7. The normalized spacial score (nSPS) is 11.2. The Labute approximate surface area is 178 Å². The molecule has 10 heteroatoms. The average molecular weight is 487 g/mol. The standard InChI is InChI=1S/C19H23BrN2O6S/c1-26-7-6-22-29(24,25)16-4-5-18(20)17(11-16)19(23)21-12-13-8-14(27-2)10-15(9-13)28-3/h4-5,8-11,22H,6-7,12H2,1-3H3,(H,21,23). The van der Waals surface area contributed by atoms with Crippen LogP contribution in [-0.2, 0) is 21.3 Å². The van der Waals surface area contributed by atoms with Crippen molar-refractivity contribution in [2.24, 2.45) is 0 Å². The Morgan fingerprint density at radius 3 is 2.28 bits per heavy atom. The Morgan fingerprint density at radius 1 is 1.03 bits per heavy atom. The Morgan fingerprint density at radius 2 is 1.69 bits per heavy atom. The van der Waals surface area contributed by atoms with Gasteiger partial charge in [0.15, 0.2) is 0 Å². The van der Waals surface area contributed by atoms with Crippen LogP contribution in [0.1, 0.15) is 15.9 Å². The molecule has 29 heavy (non-hydrogen) atoms. The van der Waals surface area contributed by atoms with E-state index in [9.17, 15) is 13.2 Å². The van der Waals surface area contributed by atoms with Gasteiger partial charge in [-0.3, -0.25) is 4.79 Å². The highest BCUT2D eigenvalue weighted by Gasteiger charge is 2.18. The highest BCUT2D eigenvalue weighted by Crippen LogP contribution is 2.23. The molecule has 0 bridgehead atoms. The van der Waals surface area contributed by atoms with Crippen LogP contribution in [0.3, 0.4) is 0 Å². The molecule has 0 fully saturated rings. The van der Waals surface area contributed by atoms with Gasteiger partial charge in [-0.1, -0.05) is 0 Å². The number of hydrogen-bond donors (Lipinski definition) is 2. The van der Waals surface area contributed by atoms with Gasteiger partial charge in [-0.2, -0.15) is 0 Å². The molecule has 0 saturated carbocycles. The summed E-state index contributed by atoms with van der Waals surface area (Å²) in [5.74, 6) is 0.780. The molecule has 2 N–H and O–H groups in total. The van der Waals surface area contributed by atoms with Crippen LogP contribution >= 0.6 is 15.9 Å². The van der Waals surface area contributed by atoms with Crippen molar-refractivity contribution < 1.29 is 27.4 Å². The van der Waals surface area contributed by atoms with E-state index in [1.165, 1.54) is 25.3 Å². The van der Waals surface area contributed by atoms with Crippen molar-refractivity contribution in [2.45, 2.75) is 11.4 Å². The Hall–Kier alpha value is -2.14. The molecule has 1 amide bonds. The second-order valence-electron chi connectivity index (χ2n) is 5.94. The molecule has 0 heterocycles. The van der Waals surface area contributed by atoms with Gasteiger partial charge in [0, 0.05) is 30.7 Å². The van der Waals surface area contributed by atoms with Crippen LogP contribution in [0.5, 0.6) is 11.5 Å². The van der Waals surface area contributed by atoms with Gasteiger partial charge in [0.2, 0.25) is 10.0 Å². The first-order valence-electron chi connectivity index (χ1n) is 8.59. The Kier molecular flexibility index (Phi) is 8.45. The molecule has 2 aromatic carbocycles. The van der Waals surface area contributed by atoms with Crippen LogP contribution in [-0.4, -0.2) is 48.8 Å². The maximum Gasteiger partial charge on any atom is 0.252 e. The number of halogens is 1. The molecule has 0 unspecified atom stereocenters. The molecule has 0 aliphatic rings. The van der Waals surface area contributed by atoms with Crippen molar-refractivity contribution in [3.8, 4) is 11.5 Å². The molecule has 0 saturated heterocycles. The first-order chi connectivity index (χ1) is 13.8. The number of methoxy groups -OCH3 is 3. The number of sulfonamides is 1. The number of carbonyl (C=O) groups is 1. The predicted molar refractivity (Wildman–Crippen MR) is 112 cm³/mol. The van der Waals surface area contributed by atoms with Crippen molar-refractivity contribution in [3.63, 3.8) is 0 Å². The zero-order valence-electron chi connectivity index (χ0n) is 16.3. The molecule has 0 aliphatic heterocycles. The third-order valence-electron chi connectivity index (χ3n) is 3.96. The number of nitrogens with one attached hydrogen (secondary N) is 2. The van der Waals surface area contributed by atoms with Crippen molar-refractivity contribution >= 4 is 31.9 Å². The molecule has 0 aliphatic carbocycles. The van der Waals surface area contributed by atoms with E-state index in [1.807, 2.05) is 0 Å². The minimum Gasteiger partial charge on any atom is -0.497 e. The summed E-state index contributed by atoms with van der Waals surface area (Å²) in [5.41, 5.74) is 0.977. The summed E-state index contributed by atoms with van der Waals surface area (Å²) in [6.45, 7) is 0.586. The van der Waals surface area contributed by atoms with Gasteiger partial charge in [0.05, 0.1) is 31.3 Å². The second kappa shape index (κ2) is 10.6. The fourth-order valence-corrected chi connectivity index (χ4v) is 3.92. The van der Waals surface area contributed by atoms with Crippen molar-refractivity contribution in [1.29, 1.82) is 0 Å². The summed E-state index contributed by atoms with van der Waals surface area (Å²) in [7, 11) is 0.811. The lowest BCUT2D eigenvalue weighted by Crippen LogP contribution is -2.28. The number of rotatable bonds is 10. The number of hydrogen-bond acceptors (Lipinski definition) is 6. The SMILES string of the molecule is COCCNS(=O)(=O)c1ccc(Br)c(C(=O)NCc2cc(OC)cc(OC)c2)c1. The van der Waals surface area contributed by atoms with Crippen molar-refractivity contribution in [3.05, 3.63) is 52.0 Å². The molecule has 0 spiro atoms. The summed E-state index contributed by atoms with van der Waals surface area (Å²) in [5, 5.41) is 2.77. The van der Waals surface area contributed by atoms with Gasteiger partial charge in [-0.15, -0.1) is 0 Å². The fourth-order valence-electron chi connectivity index (χ4n) is 2.45. The average Bonchev–Trinajstić information content (AvgIpc) is 2.71. The van der Waals surface area contributed by atoms with E-state index in [2.05, 4.69) is 26.0 Å². The van der Waals surface area contributed by atoms with E-state index in [0.29, 0.717) is 16.0 Å². The molecule has 158 valence electrons.